The Kier molecular flexibility index (Phi) is 12.0. The highest BCUT2D eigenvalue weighted by molar-refractivity contribution is 6.32. The van der Waals surface area contributed by atoms with E-state index >= 15 is 0 Å². The Bertz CT molecular complexity index is 886. The SMILES string of the molecule is COCCCOc1cc(CN(C[C@H](NC(=O)OC(C)(C)C)[C@@H]2C[C@@H](C(C)C)C(=O)O2)C(C)C)ccc1Cl. The molecule has 8 nitrogen and oxygen atoms in total. The maximum atomic E-state index is 12.7. The van der Waals surface area contributed by atoms with Gasteiger partial charge in [-0.3, -0.25) is 9.69 Å². The molecule has 1 amide bonds. The average Bonchev–Trinajstić information content (AvgIpc) is 3.18. The molecule has 37 heavy (non-hydrogen) atoms. The van der Waals surface area contributed by atoms with Crippen LogP contribution in [-0.2, 0) is 25.5 Å². The Morgan fingerprint density at radius 2 is 1.92 bits per heavy atom. The third-order valence-electron chi connectivity index (χ3n) is 6.31. The normalized spacial score (nSPS) is 18.9. The van der Waals surface area contributed by atoms with Crippen LogP contribution in [0, 0.1) is 11.8 Å². The molecule has 0 radical (unpaired) electrons. The van der Waals surface area contributed by atoms with Gasteiger partial charge in [-0.2, -0.15) is 0 Å². The van der Waals surface area contributed by atoms with Gasteiger partial charge < -0.3 is 24.3 Å². The van der Waals surface area contributed by atoms with Gasteiger partial charge in [-0.1, -0.05) is 31.5 Å². The van der Waals surface area contributed by atoms with Crippen LogP contribution in [-0.4, -0.2) is 67.6 Å². The zero-order valence-electron chi connectivity index (χ0n) is 23.6. The average molecular weight is 541 g/mol. The van der Waals surface area contributed by atoms with E-state index in [4.69, 9.17) is 30.5 Å². The van der Waals surface area contributed by atoms with Crippen LogP contribution >= 0.6 is 11.6 Å². The van der Waals surface area contributed by atoms with Crippen molar-refractivity contribution >= 4 is 23.7 Å². The molecule has 1 saturated heterocycles. The number of nitrogens with zero attached hydrogens (tertiary/aromatic N) is 1. The zero-order valence-corrected chi connectivity index (χ0v) is 24.4. The van der Waals surface area contributed by atoms with Crippen molar-refractivity contribution in [2.75, 3.05) is 26.9 Å². The van der Waals surface area contributed by atoms with Crippen molar-refractivity contribution in [2.45, 2.75) is 91.6 Å². The van der Waals surface area contributed by atoms with Crippen LogP contribution in [0.2, 0.25) is 5.02 Å². The number of esters is 1. The number of amides is 1. The van der Waals surface area contributed by atoms with Gasteiger partial charge in [0.15, 0.2) is 0 Å². The van der Waals surface area contributed by atoms with Crippen LogP contribution in [0.25, 0.3) is 0 Å². The number of methoxy groups -OCH3 is 1. The summed E-state index contributed by atoms with van der Waals surface area (Å²) in [5.41, 5.74) is 0.390. The first-order valence-corrected chi connectivity index (χ1v) is 13.5. The van der Waals surface area contributed by atoms with Crippen LogP contribution in [0.5, 0.6) is 5.75 Å². The zero-order chi connectivity index (χ0) is 27.8. The standard InChI is InChI=1S/C28H45ClN2O6/c1-18(2)21-15-25(36-26(21)32)23(30-27(33)37-28(5,6)7)17-31(19(3)4)16-20-10-11-22(29)24(14-20)35-13-9-12-34-8/h10-11,14,18-19,21,23,25H,9,12-13,15-17H2,1-8H3,(H,30,33)/t21-,23-,25-/m0/s1. The number of nitrogens with one attached hydrogen (secondary N) is 1. The summed E-state index contributed by atoms with van der Waals surface area (Å²) in [5, 5.41) is 3.54. The van der Waals surface area contributed by atoms with E-state index in [0.29, 0.717) is 43.5 Å². The van der Waals surface area contributed by atoms with Gasteiger partial charge in [0.1, 0.15) is 17.5 Å². The first kappa shape index (κ1) is 31.2. The van der Waals surface area contributed by atoms with Crippen LogP contribution in [0.4, 0.5) is 4.79 Å². The van der Waals surface area contributed by atoms with E-state index in [2.05, 4.69) is 24.1 Å². The van der Waals surface area contributed by atoms with Crippen molar-refractivity contribution in [3.8, 4) is 5.75 Å². The molecule has 0 saturated carbocycles. The third-order valence-corrected chi connectivity index (χ3v) is 6.62. The summed E-state index contributed by atoms with van der Waals surface area (Å²) in [7, 11) is 1.66. The van der Waals surface area contributed by atoms with Gasteiger partial charge in [-0.15, -0.1) is 0 Å². The molecular formula is C28H45ClN2O6. The number of hydrogen-bond donors (Lipinski definition) is 1. The van der Waals surface area contributed by atoms with Crippen LogP contribution in [0.15, 0.2) is 18.2 Å². The smallest absolute Gasteiger partial charge is 0.408 e. The minimum atomic E-state index is -0.637. The molecule has 1 aromatic carbocycles. The second kappa shape index (κ2) is 14.2. The molecule has 1 aliphatic rings. The fourth-order valence-electron chi connectivity index (χ4n) is 4.22. The number of halogens is 1. The summed E-state index contributed by atoms with van der Waals surface area (Å²) < 4.78 is 22.2. The van der Waals surface area contributed by atoms with Gasteiger partial charge in [0.2, 0.25) is 0 Å². The number of hydrogen-bond acceptors (Lipinski definition) is 7. The van der Waals surface area contributed by atoms with Crippen LogP contribution in [0.1, 0.15) is 66.9 Å². The van der Waals surface area contributed by atoms with E-state index in [9.17, 15) is 9.59 Å². The molecule has 0 unspecified atom stereocenters. The molecule has 210 valence electrons. The monoisotopic (exact) mass is 540 g/mol. The number of rotatable bonds is 13. The Balaban J connectivity index is 2.20. The van der Waals surface area contributed by atoms with Gasteiger partial charge in [0.05, 0.1) is 23.6 Å². The molecule has 2 rings (SSSR count). The summed E-state index contributed by atoms with van der Waals surface area (Å²) in [5.74, 6) is 0.402. The molecule has 1 aromatic rings. The third kappa shape index (κ3) is 10.3. The summed E-state index contributed by atoms with van der Waals surface area (Å²) in [6.07, 6.45) is 0.371. The first-order valence-electron chi connectivity index (χ1n) is 13.1. The molecule has 0 bridgehead atoms. The molecule has 0 aliphatic carbocycles. The Labute approximate surface area is 227 Å². The lowest BCUT2D eigenvalue weighted by atomic mass is 9.91. The van der Waals surface area contributed by atoms with E-state index in [-0.39, 0.29) is 23.8 Å². The molecule has 0 spiro atoms. The summed E-state index contributed by atoms with van der Waals surface area (Å²) in [4.78, 5) is 27.5. The minimum absolute atomic E-state index is 0.155. The molecular weight excluding hydrogens is 496 g/mol. The van der Waals surface area contributed by atoms with Gasteiger partial charge in [0, 0.05) is 39.3 Å². The van der Waals surface area contributed by atoms with Gasteiger partial charge in [0.25, 0.3) is 0 Å². The van der Waals surface area contributed by atoms with Crippen molar-refractivity contribution in [3.05, 3.63) is 28.8 Å². The molecule has 9 heteroatoms. The minimum Gasteiger partial charge on any atom is -0.492 e. The predicted molar refractivity (Wildman–Crippen MR) is 145 cm³/mol. The number of carbonyl (C=O) groups is 2. The molecule has 1 aliphatic heterocycles. The molecule has 1 N–H and O–H groups in total. The topological polar surface area (TPSA) is 86.3 Å². The van der Waals surface area contributed by atoms with Gasteiger partial charge in [-0.05, 0) is 64.7 Å². The van der Waals surface area contributed by atoms with Crippen LogP contribution < -0.4 is 10.1 Å². The fraction of sp³-hybridized carbons (Fsp3) is 0.714. The maximum absolute atomic E-state index is 12.7. The number of carbonyl (C=O) groups excluding carboxylic acids is 2. The highest BCUT2D eigenvalue weighted by atomic mass is 35.5. The Morgan fingerprint density at radius 3 is 2.49 bits per heavy atom. The molecule has 3 atom stereocenters. The van der Waals surface area contributed by atoms with Crippen molar-refractivity contribution in [3.63, 3.8) is 0 Å². The van der Waals surface area contributed by atoms with Crippen molar-refractivity contribution in [1.82, 2.24) is 10.2 Å². The lowest BCUT2D eigenvalue weighted by Gasteiger charge is -2.34. The lowest BCUT2D eigenvalue weighted by molar-refractivity contribution is -0.146. The summed E-state index contributed by atoms with van der Waals surface area (Å²) in [6, 6.07) is 5.49. The van der Waals surface area contributed by atoms with Crippen molar-refractivity contribution < 1.29 is 28.5 Å². The number of benzene rings is 1. The van der Waals surface area contributed by atoms with E-state index in [1.165, 1.54) is 0 Å². The highest BCUT2D eigenvalue weighted by Crippen LogP contribution is 2.31. The second-order valence-electron chi connectivity index (χ2n) is 11.3. The summed E-state index contributed by atoms with van der Waals surface area (Å²) >= 11 is 6.36. The predicted octanol–water partition coefficient (Wildman–Crippen LogP) is 5.45. The van der Waals surface area contributed by atoms with Crippen molar-refractivity contribution in [2.24, 2.45) is 11.8 Å². The quantitative estimate of drug-likeness (QED) is 0.263. The molecule has 1 fully saturated rings. The van der Waals surface area contributed by atoms with E-state index in [0.717, 1.165) is 12.0 Å². The fourth-order valence-corrected chi connectivity index (χ4v) is 4.40. The van der Waals surface area contributed by atoms with Crippen molar-refractivity contribution in [1.29, 1.82) is 0 Å². The molecule has 1 heterocycles. The number of ether oxygens (including phenoxy) is 4. The Morgan fingerprint density at radius 1 is 1.22 bits per heavy atom. The van der Waals surface area contributed by atoms with Gasteiger partial charge >= 0.3 is 12.1 Å². The number of cyclic esters (lactones) is 1. The maximum Gasteiger partial charge on any atom is 0.408 e. The van der Waals surface area contributed by atoms with E-state index < -0.39 is 23.8 Å². The lowest BCUT2D eigenvalue weighted by Crippen LogP contribution is -2.52. The number of alkyl carbamates (subject to hydrolysis) is 1. The second-order valence-corrected chi connectivity index (χ2v) is 11.7. The first-order chi connectivity index (χ1) is 17.3. The van der Waals surface area contributed by atoms with Gasteiger partial charge in [-0.25, -0.2) is 4.79 Å². The summed E-state index contributed by atoms with van der Waals surface area (Å²) in [6.45, 7) is 15.9. The highest BCUT2D eigenvalue weighted by Gasteiger charge is 2.42. The largest absolute Gasteiger partial charge is 0.492 e. The van der Waals surface area contributed by atoms with Crippen LogP contribution in [0.3, 0.4) is 0 Å². The Hall–Kier alpha value is -2.03. The molecule has 0 aromatic heterocycles. The van der Waals surface area contributed by atoms with E-state index in [1.807, 2.05) is 52.8 Å². The van der Waals surface area contributed by atoms with E-state index in [1.54, 1.807) is 7.11 Å².